The molecule has 0 spiro atoms. The number of carboxylic acids is 1. The standard InChI is InChI=1S/C30H27N3O5/c1-19-6-5-7-21(14-19)18-37-24-10-11-27-23(16-24)17-28(38-27)20(2)15-22(30(35)36)12-13-33-29(34)25-8-3-4-9-26(25)31-32-33/h3-11,14,16-17,22H,2,12-13,15,18H2,1H3,(H,35,36). The van der Waals surface area contributed by atoms with E-state index in [-0.39, 0.29) is 24.9 Å². The predicted molar refractivity (Wildman–Crippen MR) is 145 cm³/mol. The minimum Gasteiger partial charge on any atom is -0.489 e. The van der Waals surface area contributed by atoms with Gasteiger partial charge >= 0.3 is 5.97 Å². The minimum absolute atomic E-state index is 0.128. The normalized spacial score (nSPS) is 12.0. The molecule has 0 saturated heterocycles. The molecule has 0 bridgehead atoms. The van der Waals surface area contributed by atoms with Crippen molar-refractivity contribution in [2.24, 2.45) is 5.92 Å². The van der Waals surface area contributed by atoms with E-state index in [1.54, 1.807) is 24.3 Å². The fourth-order valence-corrected chi connectivity index (χ4v) is 4.41. The summed E-state index contributed by atoms with van der Waals surface area (Å²) in [7, 11) is 0. The van der Waals surface area contributed by atoms with Crippen LogP contribution in [-0.2, 0) is 17.9 Å². The molecule has 0 aliphatic rings. The van der Waals surface area contributed by atoms with Gasteiger partial charge in [0.1, 0.15) is 29.2 Å². The molecule has 5 rings (SSSR count). The first-order valence-electron chi connectivity index (χ1n) is 12.3. The van der Waals surface area contributed by atoms with E-state index in [1.807, 2.05) is 49.4 Å². The molecule has 1 N–H and O–H groups in total. The van der Waals surface area contributed by atoms with Crippen molar-refractivity contribution >= 4 is 33.4 Å². The molecule has 2 aromatic heterocycles. The molecule has 0 saturated carbocycles. The number of carboxylic acid groups (broad SMARTS) is 1. The lowest BCUT2D eigenvalue weighted by Gasteiger charge is -2.13. The maximum absolute atomic E-state index is 12.7. The van der Waals surface area contributed by atoms with Gasteiger partial charge in [-0.1, -0.05) is 53.8 Å². The maximum atomic E-state index is 12.7. The first-order chi connectivity index (χ1) is 18.4. The van der Waals surface area contributed by atoms with E-state index < -0.39 is 11.9 Å². The second-order valence-corrected chi connectivity index (χ2v) is 9.35. The van der Waals surface area contributed by atoms with Crippen LogP contribution >= 0.6 is 0 Å². The van der Waals surface area contributed by atoms with Gasteiger partial charge in [0, 0.05) is 11.9 Å². The quantitative estimate of drug-likeness (QED) is 0.260. The van der Waals surface area contributed by atoms with Crippen LogP contribution in [0.1, 0.15) is 29.7 Å². The summed E-state index contributed by atoms with van der Waals surface area (Å²) in [5, 5.41) is 19.1. The molecule has 1 atom stereocenters. The second kappa shape index (κ2) is 10.7. The lowest BCUT2D eigenvalue weighted by molar-refractivity contribution is -0.141. The van der Waals surface area contributed by atoms with Crippen LogP contribution in [0.3, 0.4) is 0 Å². The first-order valence-corrected chi connectivity index (χ1v) is 12.3. The molecule has 1 unspecified atom stereocenters. The largest absolute Gasteiger partial charge is 0.489 e. The molecule has 5 aromatic rings. The lowest BCUT2D eigenvalue weighted by atomic mass is 9.95. The van der Waals surface area contributed by atoms with Crippen molar-refractivity contribution in [3.63, 3.8) is 0 Å². The van der Waals surface area contributed by atoms with Gasteiger partial charge in [-0.25, -0.2) is 4.68 Å². The number of ether oxygens (including phenoxy) is 1. The number of aliphatic carboxylic acids is 1. The van der Waals surface area contributed by atoms with Crippen molar-refractivity contribution in [3.05, 3.63) is 107 Å². The van der Waals surface area contributed by atoms with Crippen molar-refractivity contribution in [3.8, 4) is 5.75 Å². The molecular weight excluding hydrogens is 482 g/mol. The summed E-state index contributed by atoms with van der Waals surface area (Å²) in [4.78, 5) is 24.7. The maximum Gasteiger partial charge on any atom is 0.306 e. The van der Waals surface area contributed by atoms with Crippen molar-refractivity contribution in [1.29, 1.82) is 0 Å². The zero-order chi connectivity index (χ0) is 26.6. The third-order valence-corrected chi connectivity index (χ3v) is 6.48. The van der Waals surface area contributed by atoms with Crippen molar-refractivity contribution in [1.82, 2.24) is 15.0 Å². The van der Waals surface area contributed by atoms with Gasteiger partial charge in [0.25, 0.3) is 5.56 Å². The number of rotatable bonds is 10. The van der Waals surface area contributed by atoms with Crippen LogP contribution < -0.4 is 10.3 Å². The lowest BCUT2D eigenvalue weighted by Crippen LogP contribution is -2.26. The minimum atomic E-state index is -0.976. The summed E-state index contributed by atoms with van der Waals surface area (Å²) in [6, 6.07) is 22.5. The molecule has 0 aliphatic carbocycles. The molecule has 0 aliphatic heterocycles. The highest BCUT2D eigenvalue weighted by Crippen LogP contribution is 2.31. The molecule has 0 amide bonds. The molecule has 8 nitrogen and oxygen atoms in total. The van der Waals surface area contributed by atoms with Gasteiger partial charge in [0.05, 0.1) is 11.3 Å². The smallest absolute Gasteiger partial charge is 0.306 e. The van der Waals surface area contributed by atoms with Crippen LogP contribution in [0, 0.1) is 12.8 Å². The summed E-state index contributed by atoms with van der Waals surface area (Å²) in [5.41, 5.74) is 3.70. The fourth-order valence-electron chi connectivity index (χ4n) is 4.41. The summed E-state index contributed by atoms with van der Waals surface area (Å²) < 4.78 is 13.1. The van der Waals surface area contributed by atoms with Gasteiger partial charge in [-0.05, 0) is 67.3 Å². The summed E-state index contributed by atoms with van der Waals surface area (Å²) in [5.74, 6) is -0.521. The Morgan fingerprint density at radius 1 is 1.11 bits per heavy atom. The number of aromatic nitrogens is 3. The zero-order valence-electron chi connectivity index (χ0n) is 21.0. The van der Waals surface area contributed by atoms with Gasteiger partial charge in [-0.2, -0.15) is 0 Å². The number of hydrogen-bond donors (Lipinski definition) is 1. The summed E-state index contributed by atoms with van der Waals surface area (Å²) in [6.45, 7) is 6.70. The number of furan rings is 1. The van der Waals surface area contributed by atoms with E-state index in [1.165, 1.54) is 10.2 Å². The van der Waals surface area contributed by atoms with Crippen LogP contribution in [0.25, 0.3) is 27.4 Å². The average molecular weight is 510 g/mol. The highest BCUT2D eigenvalue weighted by atomic mass is 16.5. The molecule has 192 valence electrons. The van der Waals surface area contributed by atoms with E-state index in [4.69, 9.17) is 9.15 Å². The molecule has 0 radical (unpaired) electrons. The molecule has 8 heteroatoms. The predicted octanol–water partition coefficient (Wildman–Crippen LogP) is 5.62. The molecule has 38 heavy (non-hydrogen) atoms. The number of carbonyl (C=O) groups is 1. The van der Waals surface area contributed by atoms with Crippen molar-refractivity contribution < 1.29 is 19.1 Å². The van der Waals surface area contributed by atoms with E-state index >= 15 is 0 Å². The average Bonchev–Trinajstić information content (AvgIpc) is 3.34. The third-order valence-electron chi connectivity index (χ3n) is 6.48. The summed E-state index contributed by atoms with van der Waals surface area (Å²) >= 11 is 0. The first kappa shape index (κ1) is 25.0. The van der Waals surface area contributed by atoms with Gasteiger partial charge in [-0.15, -0.1) is 5.10 Å². The Bertz CT molecular complexity index is 1700. The number of fused-ring (bicyclic) bond motifs is 2. The number of allylic oxidation sites excluding steroid dienone is 1. The number of hydrogen-bond acceptors (Lipinski definition) is 6. The number of benzene rings is 3. The summed E-state index contributed by atoms with van der Waals surface area (Å²) in [6.07, 6.45) is 0.361. The fraction of sp³-hybridized carbons (Fsp3) is 0.200. The van der Waals surface area contributed by atoms with Crippen molar-refractivity contribution in [2.45, 2.75) is 32.9 Å². The van der Waals surface area contributed by atoms with E-state index in [2.05, 4.69) is 23.0 Å². The van der Waals surface area contributed by atoms with Gasteiger partial charge < -0.3 is 14.3 Å². The van der Waals surface area contributed by atoms with Crippen molar-refractivity contribution in [2.75, 3.05) is 0 Å². The van der Waals surface area contributed by atoms with Crippen LogP contribution in [0.2, 0.25) is 0 Å². The van der Waals surface area contributed by atoms with Crippen LogP contribution in [0.5, 0.6) is 5.75 Å². The van der Waals surface area contributed by atoms with E-state index in [0.29, 0.717) is 40.2 Å². The van der Waals surface area contributed by atoms with Crippen LogP contribution in [0.4, 0.5) is 0 Å². The number of aryl methyl sites for hydroxylation is 2. The third kappa shape index (κ3) is 5.49. The van der Waals surface area contributed by atoms with Crippen LogP contribution in [-0.4, -0.2) is 26.1 Å². The van der Waals surface area contributed by atoms with E-state index in [9.17, 15) is 14.7 Å². The van der Waals surface area contributed by atoms with Gasteiger partial charge in [0.2, 0.25) is 0 Å². The Balaban J connectivity index is 1.25. The second-order valence-electron chi connectivity index (χ2n) is 9.35. The monoisotopic (exact) mass is 509 g/mol. The van der Waals surface area contributed by atoms with E-state index in [0.717, 1.165) is 10.9 Å². The highest BCUT2D eigenvalue weighted by Gasteiger charge is 2.21. The zero-order valence-corrected chi connectivity index (χ0v) is 21.0. The highest BCUT2D eigenvalue weighted by molar-refractivity contribution is 5.83. The van der Waals surface area contributed by atoms with Crippen LogP contribution in [0.15, 0.2) is 88.6 Å². The molecular formula is C30H27N3O5. The molecule has 2 heterocycles. The van der Waals surface area contributed by atoms with Gasteiger partial charge in [-0.3, -0.25) is 9.59 Å². The molecule has 0 fully saturated rings. The Morgan fingerprint density at radius 2 is 1.95 bits per heavy atom. The Hall–Kier alpha value is -4.72. The molecule has 3 aromatic carbocycles. The Kier molecular flexibility index (Phi) is 7.04. The van der Waals surface area contributed by atoms with Gasteiger partial charge in [0.15, 0.2) is 0 Å². The topological polar surface area (TPSA) is 107 Å². The SMILES string of the molecule is C=C(CC(CCn1nnc2ccccc2c1=O)C(=O)O)c1cc2cc(OCc3cccc(C)c3)ccc2o1. The number of nitrogens with zero attached hydrogens (tertiary/aromatic N) is 3. The Labute approximate surface area is 218 Å². The Morgan fingerprint density at radius 3 is 2.76 bits per heavy atom.